The predicted octanol–water partition coefficient (Wildman–Crippen LogP) is 2.57. The molecule has 0 bridgehead atoms. The van der Waals surface area contributed by atoms with Crippen LogP contribution in [0.25, 0.3) is 0 Å². The molecule has 0 spiro atoms. The standard InChI is InChI=1S/C16H23Cl2N3O2S/c1-3-19-7-8-20-16(23)14(6-9-24-2)21-15(22)12-5-4-11(17)10-13(12)18/h4-5,10,14,19H,3,6-9H2,1-2H3,(H,20,23)(H,21,22). The largest absolute Gasteiger partial charge is 0.353 e. The Hall–Kier alpha value is -0.950. The summed E-state index contributed by atoms with van der Waals surface area (Å²) in [5, 5.41) is 9.43. The molecule has 0 saturated heterocycles. The van der Waals surface area contributed by atoms with Crippen molar-refractivity contribution >= 4 is 46.8 Å². The first kappa shape index (κ1) is 21.1. The molecule has 0 aliphatic rings. The zero-order chi connectivity index (χ0) is 17.9. The fraction of sp³-hybridized carbons (Fsp3) is 0.500. The van der Waals surface area contributed by atoms with Crippen LogP contribution in [0, 0.1) is 0 Å². The van der Waals surface area contributed by atoms with E-state index in [-0.39, 0.29) is 16.8 Å². The van der Waals surface area contributed by atoms with Crippen molar-refractivity contribution < 1.29 is 9.59 Å². The molecular formula is C16H23Cl2N3O2S. The maximum Gasteiger partial charge on any atom is 0.253 e. The van der Waals surface area contributed by atoms with E-state index in [0.717, 1.165) is 12.3 Å². The van der Waals surface area contributed by atoms with Gasteiger partial charge in [0.05, 0.1) is 10.6 Å². The quantitative estimate of drug-likeness (QED) is 0.536. The maximum atomic E-state index is 12.4. The van der Waals surface area contributed by atoms with Gasteiger partial charge in [0.15, 0.2) is 0 Å². The van der Waals surface area contributed by atoms with Gasteiger partial charge in [0.25, 0.3) is 5.91 Å². The van der Waals surface area contributed by atoms with Crippen molar-refractivity contribution in [3.8, 4) is 0 Å². The summed E-state index contributed by atoms with van der Waals surface area (Å²) >= 11 is 13.5. The molecule has 134 valence electrons. The molecule has 0 radical (unpaired) electrons. The summed E-state index contributed by atoms with van der Waals surface area (Å²) in [7, 11) is 0. The number of thioether (sulfide) groups is 1. The van der Waals surface area contributed by atoms with Crippen molar-refractivity contribution in [2.45, 2.75) is 19.4 Å². The van der Waals surface area contributed by atoms with Crippen molar-refractivity contribution in [1.29, 1.82) is 0 Å². The van der Waals surface area contributed by atoms with Crippen LogP contribution in [-0.2, 0) is 4.79 Å². The molecule has 0 aliphatic carbocycles. The summed E-state index contributed by atoms with van der Waals surface area (Å²) < 4.78 is 0. The Morgan fingerprint density at radius 3 is 2.62 bits per heavy atom. The highest BCUT2D eigenvalue weighted by Crippen LogP contribution is 2.21. The zero-order valence-corrected chi connectivity index (χ0v) is 16.2. The van der Waals surface area contributed by atoms with E-state index in [1.807, 2.05) is 13.2 Å². The lowest BCUT2D eigenvalue weighted by molar-refractivity contribution is -0.122. The van der Waals surface area contributed by atoms with Gasteiger partial charge in [0.1, 0.15) is 6.04 Å². The van der Waals surface area contributed by atoms with Gasteiger partial charge in [0, 0.05) is 18.1 Å². The minimum Gasteiger partial charge on any atom is -0.353 e. The van der Waals surface area contributed by atoms with Crippen LogP contribution in [0.3, 0.4) is 0 Å². The van der Waals surface area contributed by atoms with E-state index in [0.29, 0.717) is 30.1 Å². The number of hydrogen-bond donors (Lipinski definition) is 3. The Balaban J connectivity index is 2.69. The van der Waals surface area contributed by atoms with Gasteiger partial charge in [-0.3, -0.25) is 9.59 Å². The fourth-order valence-corrected chi connectivity index (χ4v) is 2.95. The minimum absolute atomic E-state index is 0.194. The van der Waals surface area contributed by atoms with Crippen LogP contribution >= 0.6 is 35.0 Å². The highest BCUT2D eigenvalue weighted by Gasteiger charge is 2.22. The van der Waals surface area contributed by atoms with Gasteiger partial charge >= 0.3 is 0 Å². The number of rotatable bonds is 10. The molecule has 1 aromatic carbocycles. The van der Waals surface area contributed by atoms with Gasteiger partial charge in [0.2, 0.25) is 5.91 Å². The maximum absolute atomic E-state index is 12.4. The second-order valence-corrected chi connectivity index (χ2v) is 6.91. The Labute approximate surface area is 157 Å². The lowest BCUT2D eigenvalue weighted by atomic mass is 10.1. The van der Waals surface area contributed by atoms with Crippen LogP contribution in [0.4, 0.5) is 0 Å². The van der Waals surface area contributed by atoms with Crippen molar-refractivity contribution in [3.63, 3.8) is 0 Å². The van der Waals surface area contributed by atoms with E-state index >= 15 is 0 Å². The Morgan fingerprint density at radius 1 is 1.25 bits per heavy atom. The molecule has 0 aromatic heterocycles. The van der Waals surface area contributed by atoms with Crippen molar-refractivity contribution in [3.05, 3.63) is 33.8 Å². The van der Waals surface area contributed by atoms with Gasteiger partial charge in [-0.1, -0.05) is 30.1 Å². The average molecular weight is 392 g/mol. The molecule has 2 amide bonds. The number of hydrogen-bond acceptors (Lipinski definition) is 4. The Bertz CT molecular complexity index is 558. The van der Waals surface area contributed by atoms with E-state index in [9.17, 15) is 9.59 Å². The minimum atomic E-state index is -0.599. The summed E-state index contributed by atoms with van der Waals surface area (Å²) in [6.07, 6.45) is 2.50. The van der Waals surface area contributed by atoms with E-state index in [2.05, 4.69) is 16.0 Å². The van der Waals surface area contributed by atoms with Crippen LogP contribution < -0.4 is 16.0 Å². The second kappa shape index (κ2) is 11.6. The van der Waals surface area contributed by atoms with Crippen molar-refractivity contribution in [2.24, 2.45) is 0 Å². The van der Waals surface area contributed by atoms with E-state index in [1.54, 1.807) is 23.9 Å². The van der Waals surface area contributed by atoms with E-state index < -0.39 is 6.04 Å². The van der Waals surface area contributed by atoms with Crippen molar-refractivity contribution in [2.75, 3.05) is 31.6 Å². The first-order valence-electron chi connectivity index (χ1n) is 7.72. The molecule has 0 fully saturated rings. The number of likely N-dealkylation sites (N-methyl/N-ethyl adjacent to an activating group) is 1. The first-order valence-corrected chi connectivity index (χ1v) is 9.87. The third kappa shape index (κ3) is 7.30. The Kier molecular flexibility index (Phi) is 10.2. The molecule has 3 N–H and O–H groups in total. The molecular weight excluding hydrogens is 369 g/mol. The number of benzene rings is 1. The predicted molar refractivity (Wildman–Crippen MR) is 102 cm³/mol. The zero-order valence-electron chi connectivity index (χ0n) is 13.8. The molecule has 1 atom stereocenters. The molecule has 5 nitrogen and oxygen atoms in total. The highest BCUT2D eigenvalue weighted by molar-refractivity contribution is 7.98. The van der Waals surface area contributed by atoms with Crippen molar-refractivity contribution in [1.82, 2.24) is 16.0 Å². The Morgan fingerprint density at radius 2 is 2.00 bits per heavy atom. The molecule has 8 heteroatoms. The van der Waals surface area contributed by atoms with Crippen LogP contribution in [-0.4, -0.2) is 49.5 Å². The van der Waals surface area contributed by atoms with Gasteiger partial charge in [-0.2, -0.15) is 11.8 Å². The van der Waals surface area contributed by atoms with E-state index in [4.69, 9.17) is 23.2 Å². The SMILES string of the molecule is CCNCCNC(=O)C(CCSC)NC(=O)c1ccc(Cl)cc1Cl. The van der Waals surface area contributed by atoms with Gasteiger partial charge in [-0.25, -0.2) is 0 Å². The second-order valence-electron chi connectivity index (χ2n) is 5.08. The summed E-state index contributed by atoms with van der Waals surface area (Å²) in [5.74, 6) is 0.185. The lowest BCUT2D eigenvalue weighted by Crippen LogP contribution is -2.48. The van der Waals surface area contributed by atoms with Gasteiger partial charge in [-0.05, 0) is 43.2 Å². The average Bonchev–Trinajstić information content (AvgIpc) is 2.55. The third-order valence-electron chi connectivity index (χ3n) is 3.26. The molecule has 0 heterocycles. The summed E-state index contributed by atoms with van der Waals surface area (Å²) in [6, 6.07) is 4.05. The molecule has 1 unspecified atom stereocenters. The smallest absolute Gasteiger partial charge is 0.253 e. The van der Waals surface area contributed by atoms with Gasteiger partial charge < -0.3 is 16.0 Å². The topological polar surface area (TPSA) is 70.2 Å². The monoisotopic (exact) mass is 391 g/mol. The molecule has 1 aromatic rings. The molecule has 0 saturated carbocycles. The molecule has 1 rings (SSSR count). The number of amides is 2. The summed E-state index contributed by atoms with van der Waals surface area (Å²) in [6.45, 7) is 4.05. The van der Waals surface area contributed by atoms with Crippen LogP contribution in [0.1, 0.15) is 23.7 Å². The number of halogens is 2. The van der Waals surface area contributed by atoms with Gasteiger partial charge in [-0.15, -0.1) is 0 Å². The first-order chi connectivity index (χ1) is 11.5. The highest BCUT2D eigenvalue weighted by atomic mass is 35.5. The van der Waals surface area contributed by atoms with E-state index in [1.165, 1.54) is 6.07 Å². The number of carbonyl (C=O) groups excluding carboxylic acids is 2. The fourth-order valence-electron chi connectivity index (χ4n) is 1.99. The van der Waals surface area contributed by atoms with Crippen LogP contribution in [0.15, 0.2) is 18.2 Å². The third-order valence-corrected chi connectivity index (χ3v) is 4.45. The summed E-state index contributed by atoms with van der Waals surface area (Å²) in [5.41, 5.74) is 0.302. The molecule has 0 aliphatic heterocycles. The number of carbonyl (C=O) groups is 2. The normalized spacial score (nSPS) is 11.8. The lowest BCUT2D eigenvalue weighted by Gasteiger charge is -2.18. The number of nitrogens with one attached hydrogen (secondary N) is 3. The van der Waals surface area contributed by atoms with Crippen LogP contribution in [0.5, 0.6) is 0 Å². The molecule has 24 heavy (non-hydrogen) atoms. The van der Waals surface area contributed by atoms with Crippen LogP contribution in [0.2, 0.25) is 10.0 Å². The summed E-state index contributed by atoms with van der Waals surface area (Å²) in [4.78, 5) is 24.7.